The Morgan fingerprint density at radius 2 is 1.74 bits per heavy atom. The molecular formula is C24H33Cl2N3O4S. The van der Waals surface area contributed by atoms with Crippen LogP contribution in [0, 0.1) is 0 Å². The number of hydrogen-bond donors (Lipinski definition) is 2. The van der Waals surface area contributed by atoms with E-state index in [0.717, 1.165) is 5.56 Å². The molecule has 10 heteroatoms. The highest BCUT2D eigenvalue weighted by molar-refractivity contribution is 7.89. The van der Waals surface area contributed by atoms with E-state index >= 15 is 0 Å². The van der Waals surface area contributed by atoms with Crippen LogP contribution in [0.15, 0.2) is 53.4 Å². The van der Waals surface area contributed by atoms with E-state index in [-0.39, 0.29) is 28.5 Å². The summed E-state index contributed by atoms with van der Waals surface area (Å²) < 4.78 is 33.2. The van der Waals surface area contributed by atoms with E-state index in [1.54, 1.807) is 4.90 Å². The molecule has 0 spiro atoms. The number of sulfonamides is 1. The smallest absolute Gasteiger partial charge is 0.317 e. The third-order valence-electron chi connectivity index (χ3n) is 4.86. The molecular weight excluding hydrogens is 497 g/mol. The fraction of sp³-hybridized carbons (Fsp3) is 0.458. The van der Waals surface area contributed by atoms with Crippen LogP contribution in [-0.2, 0) is 21.4 Å². The van der Waals surface area contributed by atoms with Gasteiger partial charge < -0.3 is 15.0 Å². The maximum Gasteiger partial charge on any atom is 0.317 e. The van der Waals surface area contributed by atoms with Gasteiger partial charge in [0, 0.05) is 37.3 Å². The predicted molar refractivity (Wildman–Crippen MR) is 137 cm³/mol. The average Bonchev–Trinajstić information content (AvgIpc) is 2.77. The van der Waals surface area contributed by atoms with Gasteiger partial charge in [0.25, 0.3) is 0 Å². The summed E-state index contributed by atoms with van der Waals surface area (Å²) in [6.45, 7) is 6.21. The van der Waals surface area contributed by atoms with E-state index in [0.29, 0.717) is 50.6 Å². The second kappa shape index (κ2) is 14.5. The van der Waals surface area contributed by atoms with Gasteiger partial charge in [-0.05, 0) is 56.9 Å². The molecule has 0 aliphatic heterocycles. The molecule has 2 aromatic rings. The highest BCUT2D eigenvalue weighted by Gasteiger charge is 2.18. The molecule has 0 fully saturated rings. The van der Waals surface area contributed by atoms with Crippen molar-refractivity contribution in [2.75, 3.05) is 26.2 Å². The lowest BCUT2D eigenvalue weighted by atomic mass is 10.2. The Balaban J connectivity index is 1.76. The van der Waals surface area contributed by atoms with E-state index in [9.17, 15) is 13.2 Å². The molecule has 188 valence electrons. The minimum atomic E-state index is -3.73. The second-order valence-electron chi connectivity index (χ2n) is 8.16. The largest absolute Gasteiger partial charge is 0.377 e. The molecule has 34 heavy (non-hydrogen) atoms. The highest BCUT2D eigenvalue weighted by atomic mass is 35.5. The summed E-state index contributed by atoms with van der Waals surface area (Å²) in [5, 5.41) is 3.36. The maximum atomic E-state index is 12.5. The molecule has 0 saturated carbocycles. The van der Waals surface area contributed by atoms with E-state index in [1.807, 2.05) is 44.2 Å². The quantitative estimate of drug-likeness (QED) is 0.334. The van der Waals surface area contributed by atoms with E-state index in [4.69, 9.17) is 27.9 Å². The number of ether oxygens (including phenoxy) is 1. The number of halogens is 2. The molecule has 2 amide bonds. The second-order valence-corrected chi connectivity index (χ2v) is 10.7. The summed E-state index contributed by atoms with van der Waals surface area (Å²) >= 11 is 11.8. The van der Waals surface area contributed by atoms with Gasteiger partial charge in [-0.3, -0.25) is 0 Å². The predicted octanol–water partition coefficient (Wildman–Crippen LogP) is 5.08. The summed E-state index contributed by atoms with van der Waals surface area (Å²) in [5.41, 5.74) is 1.11. The maximum absolute atomic E-state index is 12.5. The Kier molecular flexibility index (Phi) is 12.1. The van der Waals surface area contributed by atoms with Gasteiger partial charge in [0.1, 0.15) is 4.90 Å². The molecule has 0 atom stereocenters. The number of hydrogen-bond acceptors (Lipinski definition) is 4. The van der Waals surface area contributed by atoms with Gasteiger partial charge in [-0.2, -0.15) is 0 Å². The van der Waals surface area contributed by atoms with Crippen LogP contribution in [0.4, 0.5) is 4.79 Å². The lowest BCUT2D eigenvalue weighted by Crippen LogP contribution is -2.44. The normalized spacial score (nSPS) is 11.6. The molecule has 0 aliphatic rings. The molecule has 2 aromatic carbocycles. The summed E-state index contributed by atoms with van der Waals surface area (Å²) in [6.07, 6.45) is 1.92. The summed E-state index contributed by atoms with van der Waals surface area (Å²) in [6, 6.07) is 14.1. The number of urea groups is 1. The number of nitrogens with one attached hydrogen (secondary N) is 2. The number of carbonyl (C=O) groups is 1. The molecule has 2 N–H and O–H groups in total. The Bertz CT molecular complexity index is 1000. The van der Waals surface area contributed by atoms with Gasteiger partial charge in [0.15, 0.2) is 0 Å². The van der Waals surface area contributed by atoms with Crippen molar-refractivity contribution < 1.29 is 17.9 Å². The Morgan fingerprint density at radius 3 is 2.41 bits per heavy atom. The third-order valence-corrected chi connectivity index (χ3v) is 7.04. The summed E-state index contributed by atoms with van der Waals surface area (Å²) in [7, 11) is -3.73. The van der Waals surface area contributed by atoms with Crippen LogP contribution < -0.4 is 10.0 Å². The van der Waals surface area contributed by atoms with E-state index in [2.05, 4.69) is 10.0 Å². The van der Waals surface area contributed by atoms with Crippen LogP contribution in [0.25, 0.3) is 0 Å². The van der Waals surface area contributed by atoms with Crippen molar-refractivity contribution in [3.8, 4) is 0 Å². The Labute approximate surface area is 212 Å². The SMILES string of the molecule is CC(C)NC(=O)N(CCCCNS(=O)(=O)c1ccc(Cl)cc1Cl)CCCOCc1ccccc1. The zero-order valence-electron chi connectivity index (χ0n) is 19.6. The molecule has 7 nitrogen and oxygen atoms in total. The third kappa shape index (κ3) is 10.2. The molecule has 0 unspecified atom stereocenters. The number of benzene rings is 2. The standard InChI is InChI=1S/C24H33Cl2N3O4S/c1-19(2)28-24(30)29(15-8-16-33-18-20-9-4-3-5-10-20)14-7-6-13-27-34(31,32)23-12-11-21(25)17-22(23)26/h3-5,9-12,17,19,27H,6-8,13-16,18H2,1-2H3,(H,28,30). The summed E-state index contributed by atoms with van der Waals surface area (Å²) in [4.78, 5) is 14.3. The molecule has 0 aromatic heterocycles. The minimum Gasteiger partial charge on any atom is -0.377 e. The first-order valence-electron chi connectivity index (χ1n) is 11.3. The number of carbonyl (C=O) groups excluding carboxylic acids is 1. The van der Waals surface area contributed by atoms with Gasteiger partial charge in [0.05, 0.1) is 11.6 Å². The van der Waals surface area contributed by atoms with Crippen LogP contribution in [0.2, 0.25) is 10.0 Å². The fourth-order valence-corrected chi connectivity index (χ4v) is 5.02. The summed E-state index contributed by atoms with van der Waals surface area (Å²) in [5.74, 6) is 0. The topological polar surface area (TPSA) is 87.7 Å². The van der Waals surface area contributed by atoms with Gasteiger partial charge in [-0.1, -0.05) is 53.5 Å². The Morgan fingerprint density at radius 1 is 1.03 bits per heavy atom. The van der Waals surface area contributed by atoms with Crippen molar-refractivity contribution in [2.45, 2.75) is 50.7 Å². The first-order chi connectivity index (χ1) is 16.2. The Hall–Kier alpha value is -1.84. The molecule has 0 aliphatic carbocycles. The zero-order chi connectivity index (χ0) is 25.0. The first kappa shape index (κ1) is 28.4. The zero-order valence-corrected chi connectivity index (χ0v) is 21.9. The van der Waals surface area contributed by atoms with Crippen LogP contribution in [0.1, 0.15) is 38.7 Å². The lowest BCUT2D eigenvalue weighted by molar-refractivity contribution is 0.110. The molecule has 0 saturated heterocycles. The lowest BCUT2D eigenvalue weighted by Gasteiger charge is -2.24. The van der Waals surface area contributed by atoms with Gasteiger partial charge in [-0.25, -0.2) is 17.9 Å². The van der Waals surface area contributed by atoms with E-state index < -0.39 is 10.0 Å². The molecule has 2 rings (SSSR count). The molecule has 0 radical (unpaired) electrons. The van der Waals surface area contributed by atoms with Crippen molar-refractivity contribution in [2.24, 2.45) is 0 Å². The van der Waals surface area contributed by atoms with Crippen molar-refractivity contribution in [1.29, 1.82) is 0 Å². The van der Waals surface area contributed by atoms with Crippen molar-refractivity contribution in [3.05, 3.63) is 64.1 Å². The number of nitrogens with zero attached hydrogens (tertiary/aromatic N) is 1. The van der Waals surface area contributed by atoms with Crippen LogP contribution in [-0.4, -0.2) is 51.6 Å². The van der Waals surface area contributed by atoms with Crippen molar-refractivity contribution >= 4 is 39.3 Å². The molecule has 0 heterocycles. The van der Waals surface area contributed by atoms with Crippen molar-refractivity contribution in [1.82, 2.24) is 14.9 Å². The minimum absolute atomic E-state index is 0.00740. The number of unbranched alkanes of at least 4 members (excludes halogenated alkanes) is 1. The first-order valence-corrected chi connectivity index (χ1v) is 13.5. The average molecular weight is 531 g/mol. The van der Waals surface area contributed by atoms with Gasteiger partial charge >= 0.3 is 6.03 Å². The van der Waals surface area contributed by atoms with Crippen LogP contribution in [0.3, 0.4) is 0 Å². The molecule has 0 bridgehead atoms. The van der Waals surface area contributed by atoms with Crippen molar-refractivity contribution in [3.63, 3.8) is 0 Å². The van der Waals surface area contributed by atoms with Crippen LogP contribution >= 0.6 is 23.2 Å². The number of rotatable bonds is 14. The monoisotopic (exact) mass is 529 g/mol. The van der Waals surface area contributed by atoms with Crippen LogP contribution in [0.5, 0.6) is 0 Å². The van der Waals surface area contributed by atoms with Gasteiger partial charge in [-0.15, -0.1) is 0 Å². The highest BCUT2D eigenvalue weighted by Crippen LogP contribution is 2.24. The number of amides is 2. The fourth-order valence-electron chi connectivity index (χ4n) is 3.18. The van der Waals surface area contributed by atoms with Gasteiger partial charge in [0.2, 0.25) is 10.0 Å². The van der Waals surface area contributed by atoms with E-state index in [1.165, 1.54) is 18.2 Å².